The van der Waals surface area contributed by atoms with Gasteiger partial charge in [-0.05, 0) is 48.9 Å². The van der Waals surface area contributed by atoms with Gasteiger partial charge in [-0.1, -0.05) is 35.3 Å². The first-order chi connectivity index (χ1) is 14.2. The molecule has 0 fully saturated rings. The molecular weight excluding hydrogens is 451 g/mol. The van der Waals surface area contributed by atoms with Crippen molar-refractivity contribution >= 4 is 45.0 Å². The van der Waals surface area contributed by atoms with Crippen molar-refractivity contribution in [2.45, 2.75) is 17.9 Å². The van der Waals surface area contributed by atoms with Crippen molar-refractivity contribution in [2.24, 2.45) is 0 Å². The van der Waals surface area contributed by atoms with Crippen LogP contribution in [-0.2, 0) is 19.4 Å². The van der Waals surface area contributed by atoms with Gasteiger partial charge in [0.15, 0.2) is 9.84 Å². The number of halogens is 2. The summed E-state index contributed by atoms with van der Waals surface area (Å²) in [6.45, 7) is 1.72. The Balaban J connectivity index is 2.08. The highest BCUT2D eigenvalue weighted by molar-refractivity contribution is 7.91. The van der Waals surface area contributed by atoms with E-state index in [4.69, 9.17) is 27.9 Å². The van der Waals surface area contributed by atoms with Gasteiger partial charge in [-0.15, -0.1) is 0 Å². The van der Waals surface area contributed by atoms with Crippen LogP contribution in [0.4, 0.5) is 4.79 Å². The number of esters is 1. The standard InChI is InChI=1S/C20H18Cl2N2O5S/c1-2-29-19(25)17-16(11-30(27,28)15-9-7-14(22)8-10-15)23-20(26)24-18(17)12-3-5-13(21)6-4-12/h3-10,18H,2,11H2,1H3,(H2,23,24,26). The lowest BCUT2D eigenvalue weighted by molar-refractivity contribution is -0.139. The first-order valence-corrected chi connectivity index (χ1v) is 11.3. The number of amides is 2. The van der Waals surface area contributed by atoms with Gasteiger partial charge in [-0.2, -0.15) is 0 Å². The van der Waals surface area contributed by atoms with Crippen LogP contribution in [0.3, 0.4) is 0 Å². The number of ether oxygens (including phenoxy) is 1. The molecule has 0 saturated heterocycles. The summed E-state index contributed by atoms with van der Waals surface area (Å²) in [5.41, 5.74) is 0.516. The molecule has 1 heterocycles. The Morgan fingerprint density at radius 2 is 1.60 bits per heavy atom. The van der Waals surface area contributed by atoms with Crippen LogP contribution in [0.1, 0.15) is 18.5 Å². The van der Waals surface area contributed by atoms with E-state index in [2.05, 4.69) is 10.6 Å². The van der Waals surface area contributed by atoms with Crippen molar-refractivity contribution in [1.29, 1.82) is 0 Å². The zero-order chi connectivity index (χ0) is 21.9. The molecule has 2 aromatic rings. The number of carbonyl (C=O) groups excluding carboxylic acids is 2. The number of hydrogen-bond acceptors (Lipinski definition) is 5. The summed E-state index contributed by atoms with van der Waals surface area (Å²) in [7, 11) is -3.88. The Kier molecular flexibility index (Phi) is 6.70. The second kappa shape index (κ2) is 9.07. The molecule has 1 atom stereocenters. The van der Waals surface area contributed by atoms with Gasteiger partial charge in [-0.25, -0.2) is 18.0 Å². The molecular formula is C20H18Cl2N2O5S. The molecule has 30 heavy (non-hydrogen) atoms. The maximum Gasteiger partial charge on any atom is 0.338 e. The Bertz CT molecular complexity index is 1100. The monoisotopic (exact) mass is 468 g/mol. The summed E-state index contributed by atoms with van der Waals surface area (Å²) >= 11 is 11.8. The van der Waals surface area contributed by atoms with Crippen LogP contribution in [0.5, 0.6) is 0 Å². The van der Waals surface area contributed by atoms with E-state index in [9.17, 15) is 18.0 Å². The Labute approximate surface area is 183 Å². The number of urea groups is 1. The molecule has 0 bridgehead atoms. The number of sulfone groups is 1. The molecule has 0 saturated carbocycles. The Hall–Kier alpha value is -2.55. The first kappa shape index (κ1) is 22.1. The van der Waals surface area contributed by atoms with Crippen molar-refractivity contribution in [3.05, 3.63) is 75.4 Å². The van der Waals surface area contributed by atoms with E-state index in [1.54, 1.807) is 31.2 Å². The van der Waals surface area contributed by atoms with Gasteiger partial charge >= 0.3 is 12.0 Å². The number of benzene rings is 2. The minimum atomic E-state index is -3.88. The van der Waals surface area contributed by atoms with Gasteiger partial charge in [0.2, 0.25) is 0 Å². The fourth-order valence-electron chi connectivity index (χ4n) is 3.00. The molecule has 10 heteroatoms. The lowest BCUT2D eigenvalue weighted by Gasteiger charge is -2.29. The molecule has 7 nitrogen and oxygen atoms in total. The zero-order valence-electron chi connectivity index (χ0n) is 15.8. The third-order valence-electron chi connectivity index (χ3n) is 4.36. The van der Waals surface area contributed by atoms with Gasteiger partial charge in [0.1, 0.15) is 0 Å². The summed E-state index contributed by atoms with van der Waals surface area (Å²) < 4.78 is 31.0. The second-order valence-corrected chi connectivity index (χ2v) is 9.27. The highest BCUT2D eigenvalue weighted by atomic mass is 35.5. The van der Waals surface area contributed by atoms with E-state index >= 15 is 0 Å². The van der Waals surface area contributed by atoms with E-state index in [-0.39, 0.29) is 22.8 Å². The van der Waals surface area contributed by atoms with Crippen LogP contribution >= 0.6 is 23.2 Å². The molecule has 1 aliphatic rings. The van der Waals surface area contributed by atoms with Crippen molar-refractivity contribution < 1.29 is 22.7 Å². The Morgan fingerprint density at radius 3 is 2.17 bits per heavy atom. The third-order valence-corrected chi connectivity index (χ3v) is 6.52. The van der Waals surface area contributed by atoms with E-state index in [0.29, 0.717) is 15.6 Å². The molecule has 0 aromatic heterocycles. The topological polar surface area (TPSA) is 102 Å². The highest BCUT2D eigenvalue weighted by Gasteiger charge is 2.35. The van der Waals surface area contributed by atoms with Gasteiger partial charge in [-0.3, -0.25) is 0 Å². The second-order valence-electron chi connectivity index (χ2n) is 6.41. The first-order valence-electron chi connectivity index (χ1n) is 8.92. The smallest absolute Gasteiger partial charge is 0.338 e. The average molecular weight is 469 g/mol. The Morgan fingerprint density at radius 1 is 1.03 bits per heavy atom. The molecule has 3 rings (SSSR count). The summed E-state index contributed by atoms with van der Waals surface area (Å²) in [4.78, 5) is 25.0. The zero-order valence-corrected chi connectivity index (χ0v) is 18.1. The number of rotatable bonds is 6. The van der Waals surface area contributed by atoms with Crippen LogP contribution in [-0.4, -0.2) is 32.8 Å². The number of nitrogens with one attached hydrogen (secondary N) is 2. The maximum absolute atomic E-state index is 12.9. The van der Waals surface area contributed by atoms with Crippen molar-refractivity contribution in [2.75, 3.05) is 12.4 Å². The fraction of sp³-hybridized carbons (Fsp3) is 0.200. The van der Waals surface area contributed by atoms with Crippen molar-refractivity contribution in [1.82, 2.24) is 10.6 Å². The molecule has 1 aliphatic heterocycles. The van der Waals surface area contributed by atoms with Gasteiger partial charge in [0.25, 0.3) is 0 Å². The summed E-state index contributed by atoms with van der Waals surface area (Å²) in [6.07, 6.45) is 0. The molecule has 2 N–H and O–H groups in total. The van der Waals surface area contributed by atoms with Crippen LogP contribution in [0.15, 0.2) is 64.7 Å². The van der Waals surface area contributed by atoms with E-state index in [1.807, 2.05) is 0 Å². The number of hydrogen-bond donors (Lipinski definition) is 2. The predicted molar refractivity (Wildman–Crippen MR) is 113 cm³/mol. The molecule has 2 amide bonds. The minimum Gasteiger partial charge on any atom is -0.463 e. The highest BCUT2D eigenvalue weighted by Crippen LogP contribution is 2.30. The lowest BCUT2D eigenvalue weighted by Crippen LogP contribution is -2.47. The van der Waals surface area contributed by atoms with Crippen LogP contribution in [0, 0.1) is 0 Å². The fourth-order valence-corrected chi connectivity index (χ4v) is 4.58. The van der Waals surface area contributed by atoms with E-state index in [1.165, 1.54) is 24.3 Å². The van der Waals surface area contributed by atoms with Crippen molar-refractivity contribution in [3.8, 4) is 0 Å². The lowest BCUT2D eigenvalue weighted by atomic mass is 9.95. The summed E-state index contributed by atoms with van der Waals surface area (Å²) in [5, 5.41) is 5.96. The third kappa shape index (κ3) is 4.95. The molecule has 0 radical (unpaired) electrons. The van der Waals surface area contributed by atoms with Crippen LogP contribution < -0.4 is 10.6 Å². The molecule has 0 spiro atoms. The average Bonchev–Trinajstić information content (AvgIpc) is 2.68. The van der Waals surface area contributed by atoms with Gasteiger partial charge < -0.3 is 15.4 Å². The normalized spacial score (nSPS) is 16.6. The van der Waals surface area contributed by atoms with Gasteiger partial charge in [0, 0.05) is 15.7 Å². The SMILES string of the molecule is CCOC(=O)C1=C(CS(=O)(=O)c2ccc(Cl)cc2)NC(=O)NC1c1ccc(Cl)cc1. The van der Waals surface area contributed by atoms with E-state index in [0.717, 1.165) is 0 Å². The maximum atomic E-state index is 12.9. The van der Waals surface area contributed by atoms with Gasteiger partial charge in [0.05, 0.1) is 28.9 Å². The number of carbonyl (C=O) groups is 2. The molecule has 1 unspecified atom stereocenters. The van der Waals surface area contributed by atoms with Crippen molar-refractivity contribution in [3.63, 3.8) is 0 Å². The minimum absolute atomic E-state index is 0.0105. The molecule has 158 valence electrons. The summed E-state index contributed by atoms with van der Waals surface area (Å²) in [6, 6.07) is 10.6. The molecule has 2 aromatic carbocycles. The van der Waals surface area contributed by atoms with Crippen LogP contribution in [0.2, 0.25) is 10.0 Å². The summed E-state index contributed by atoms with van der Waals surface area (Å²) in [5.74, 6) is -1.33. The van der Waals surface area contributed by atoms with E-state index < -0.39 is 33.6 Å². The molecule has 0 aliphatic carbocycles. The quantitative estimate of drug-likeness (QED) is 0.630. The van der Waals surface area contributed by atoms with Crippen LogP contribution in [0.25, 0.3) is 0 Å². The largest absolute Gasteiger partial charge is 0.463 e. The predicted octanol–water partition coefficient (Wildman–Crippen LogP) is 3.64.